The lowest BCUT2D eigenvalue weighted by molar-refractivity contribution is 0.101. The Morgan fingerprint density at radius 1 is 1.12 bits per heavy atom. The van der Waals surface area contributed by atoms with Crippen LogP contribution in [0.15, 0.2) is 70.7 Å². The first-order valence-corrected chi connectivity index (χ1v) is 8.61. The van der Waals surface area contributed by atoms with Crippen LogP contribution in [0.4, 0.5) is 10.1 Å². The minimum absolute atomic E-state index is 0.0762. The van der Waals surface area contributed by atoms with Crippen molar-refractivity contribution < 1.29 is 13.7 Å². The fourth-order valence-electron chi connectivity index (χ4n) is 2.43. The zero-order valence-electron chi connectivity index (χ0n) is 13.3. The highest BCUT2D eigenvalue weighted by molar-refractivity contribution is 7.13. The van der Waals surface area contributed by atoms with E-state index in [4.69, 9.17) is 4.52 Å². The maximum absolute atomic E-state index is 13.8. The molecule has 4 aromatic rings. The van der Waals surface area contributed by atoms with Crippen molar-refractivity contribution in [2.24, 2.45) is 0 Å². The van der Waals surface area contributed by atoms with E-state index in [1.807, 2.05) is 17.5 Å². The van der Waals surface area contributed by atoms with Gasteiger partial charge in [0.1, 0.15) is 10.8 Å². The normalized spacial score (nSPS) is 10.7. The highest BCUT2D eigenvalue weighted by Gasteiger charge is 2.16. The van der Waals surface area contributed by atoms with Crippen LogP contribution in [0.2, 0.25) is 0 Å². The van der Waals surface area contributed by atoms with E-state index >= 15 is 0 Å². The van der Waals surface area contributed by atoms with Crippen molar-refractivity contribution in [3.8, 4) is 21.9 Å². The number of carbonyl (C=O) groups is 1. The molecular formula is C19H12FN3O2S. The second kappa shape index (κ2) is 6.89. The molecule has 1 amide bonds. The quantitative estimate of drug-likeness (QED) is 0.561. The van der Waals surface area contributed by atoms with Gasteiger partial charge < -0.3 is 9.84 Å². The molecule has 0 saturated heterocycles. The molecule has 128 valence electrons. The number of benzene rings is 2. The van der Waals surface area contributed by atoms with Gasteiger partial charge in [0.05, 0.1) is 5.56 Å². The maximum atomic E-state index is 13.8. The Labute approximate surface area is 152 Å². The average molecular weight is 365 g/mol. The van der Waals surface area contributed by atoms with Crippen molar-refractivity contribution in [2.45, 2.75) is 0 Å². The molecule has 2 aromatic heterocycles. The smallest absolute Gasteiger partial charge is 0.277 e. The molecule has 0 bridgehead atoms. The number of halogens is 1. The summed E-state index contributed by atoms with van der Waals surface area (Å²) in [6.07, 6.45) is 1.74. The van der Waals surface area contributed by atoms with Gasteiger partial charge in [-0.05, 0) is 36.4 Å². The fraction of sp³-hybridized carbons (Fsp3) is 0. The largest absolute Gasteiger partial charge is 0.355 e. The molecule has 2 heterocycles. The third kappa shape index (κ3) is 3.25. The van der Waals surface area contributed by atoms with Crippen molar-refractivity contribution >= 4 is 22.9 Å². The first-order chi connectivity index (χ1) is 12.7. The monoisotopic (exact) mass is 365 g/mol. The summed E-state index contributed by atoms with van der Waals surface area (Å²) in [7, 11) is 0. The number of hydrogen-bond acceptors (Lipinski definition) is 5. The highest BCUT2D eigenvalue weighted by atomic mass is 32.1. The molecule has 2 aromatic carbocycles. The molecule has 0 spiro atoms. The van der Waals surface area contributed by atoms with E-state index in [9.17, 15) is 9.18 Å². The number of nitrogens with one attached hydrogen (secondary N) is 1. The van der Waals surface area contributed by atoms with E-state index < -0.39 is 11.7 Å². The molecular weight excluding hydrogens is 353 g/mol. The summed E-state index contributed by atoms with van der Waals surface area (Å²) >= 11 is 1.54. The van der Waals surface area contributed by atoms with Crippen LogP contribution in [-0.2, 0) is 0 Å². The molecule has 0 aliphatic heterocycles. The fourth-order valence-corrected chi connectivity index (χ4v) is 3.07. The zero-order valence-corrected chi connectivity index (χ0v) is 14.2. The number of carbonyl (C=O) groups excluding carboxylic acids is 1. The Balaban J connectivity index is 1.49. The molecule has 0 aliphatic rings. The first kappa shape index (κ1) is 16.2. The zero-order chi connectivity index (χ0) is 17.9. The molecule has 0 atom stereocenters. The van der Waals surface area contributed by atoms with E-state index in [1.165, 1.54) is 12.1 Å². The molecule has 0 radical (unpaired) electrons. The molecule has 0 unspecified atom stereocenters. The minimum atomic E-state index is -0.437. The molecule has 7 heteroatoms. The van der Waals surface area contributed by atoms with Gasteiger partial charge in [0.25, 0.3) is 5.91 Å². The lowest BCUT2D eigenvalue weighted by Crippen LogP contribution is -2.11. The van der Waals surface area contributed by atoms with Crippen LogP contribution in [0.25, 0.3) is 21.9 Å². The number of aromatic nitrogens is 2. The SMILES string of the molecule is O=C(Nc1ccc(-c2nccs2)cc1)c1cc(-c2ccccc2F)on1. The number of hydrogen-bond donors (Lipinski definition) is 1. The molecule has 0 fully saturated rings. The van der Waals surface area contributed by atoms with E-state index in [2.05, 4.69) is 15.5 Å². The first-order valence-electron chi connectivity index (χ1n) is 7.73. The summed E-state index contributed by atoms with van der Waals surface area (Å²) in [5.74, 6) is -0.668. The summed E-state index contributed by atoms with van der Waals surface area (Å²) < 4.78 is 18.9. The molecule has 26 heavy (non-hydrogen) atoms. The Hall–Kier alpha value is -3.32. The Kier molecular flexibility index (Phi) is 4.28. The summed E-state index contributed by atoms with van der Waals surface area (Å²) in [6.45, 7) is 0. The van der Waals surface area contributed by atoms with Crippen LogP contribution in [-0.4, -0.2) is 16.0 Å². The van der Waals surface area contributed by atoms with Gasteiger partial charge in [-0.3, -0.25) is 4.79 Å². The number of thiazole rings is 1. The summed E-state index contributed by atoms with van der Waals surface area (Å²) in [5, 5.41) is 9.28. The molecule has 0 saturated carbocycles. The Morgan fingerprint density at radius 3 is 2.65 bits per heavy atom. The summed E-state index contributed by atoms with van der Waals surface area (Å²) in [5.41, 5.74) is 1.92. The third-order valence-electron chi connectivity index (χ3n) is 3.70. The maximum Gasteiger partial charge on any atom is 0.277 e. The van der Waals surface area contributed by atoms with Crippen LogP contribution >= 0.6 is 11.3 Å². The van der Waals surface area contributed by atoms with Crippen molar-refractivity contribution in [3.63, 3.8) is 0 Å². The van der Waals surface area contributed by atoms with Crippen molar-refractivity contribution in [1.29, 1.82) is 0 Å². The molecule has 1 N–H and O–H groups in total. The standard InChI is InChI=1S/C19H12FN3O2S/c20-15-4-2-1-3-14(15)17-11-16(23-25-17)18(24)22-13-7-5-12(6-8-13)19-21-9-10-26-19/h1-11H,(H,22,24). The topological polar surface area (TPSA) is 68.0 Å². The minimum Gasteiger partial charge on any atom is -0.355 e. The van der Waals surface area contributed by atoms with Crippen LogP contribution in [0.3, 0.4) is 0 Å². The van der Waals surface area contributed by atoms with Crippen molar-refractivity contribution in [1.82, 2.24) is 10.1 Å². The van der Waals surface area contributed by atoms with Crippen LogP contribution in [0, 0.1) is 5.82 Å². The van der Waals surface area contributed by atoms with E-state index in [-0.39, 0.29) is 17.0 Å². The number of amides is 1. The van der Waals surface area contributed by atoms with E-state index in [0.29, 0.717) is 5.69 Å². The second-order valence-corrected chi connectivity index (χ2v) is 6.32. The van der Waals surface area contributed by atoms with Crippen LogP contribution in [0.5, 0.6) is 0 Å². The predicted octanol–water partition coefficient (Wildman–Crippen LogP) is 4.86. The Bertz CT molecular complexity index is 1040. The van der Waals surface area contributed by atoms with E-state index in [0.717, 1.165) is 10.6 Å². The lowest BCUT2D eigenvalue weighted by atomic mass is 10.1. The van der Waals surface area contributed by atoms with Gasteiger partial charge in [-0.1, -0.05) is 17.3 Å². The van der Waals surface area contributed by atoms with E-state index in [1.54, 1.807) is 47.9 Å². The number of rotatable bonds is 4. The molecule has 0 aliphatic carbocycles. The average Bonchev–Trinajstić information content (AvgIpc) is 3.35. The predicted molar refractivity (Wildman–Crippen MR) is 97.4 cm³/mol. The van der Waals surface area contributed by atoms with Crippen molar-refractivity contribution in [2.75, 3.05) is 5.32 Å². The lowest BCUT2D eigenvalue weighted by Gasteiger charge is -2.03. The van der Waals surface area contributed by atoms with Gasteiger partial charge in [-0.25, -0.2) is 9.37 Å². The van der Waals surface area contributed by atoms with Gasteiger partial charge in [-0.2, -0.15) is 0 Å². The van der Waals surface area contributed by atoms with Gasteiger partial charge in [0, 0.05) is 28.9 Å². The highest BCUT2D eigenvalue weighted by Crippen LogP contribution is 2.25. The van der Waals surface area contributed by atoms with Gasteiger partial charge in [-0.15, -0.1) is 11.3 Å². The van der Waals surface area contributed by atoms with Crippen LogP contribution in [0.1, 0.15) is 10.5 Å². The molecule has 4 rings (SSSR count). The van der Waals surface area contributed by atoms with Gasteiger partial charge in [0.2, 0.25) is 0 Å². The van der Waals surface area contributed by atoms with Gasteiger partial charge >= 0.3 is 0 Å². The van der Waals surface area contributed by atoms with Crippen LogP contribution < -0.4 is 5.32 Å². The van der Waals surface area contributed by atoms with Crippen molar-refractivity contribution in [3.05, 3.63) is 77.7 Å². The third-order valence-corrected chi connectivity index (χ3v) is 4.53. The Morgan fingerprint density at radius 2 is 1.92 bits per heavy atom. The summed E-state index contributed by atoms with van der Waals surface area (Å²) in [4.78, 5) is 16.6. The molecule has 5 nitrogen and oxygen atoms in total. The summed E-state index contributed by atoms with van der Waals surface area (Å²) in [6, 6.07) is 14.9. The second-order valence-electron chi connectivity index (χ2n) is 5.42. The van der Waals surface area contributed by atoms with Gasteiger partial charge in [0.15, 0.2) is 11.5 Å². The number of nitrogens with zero attached hydrogens (tertiary/aromatic N) is 2. The number of anilines is 1.